The average molecular weight is 324 g/mol. The van der Waals surface area contributed by atoms with E-state index in [4.69, 9.17) is 5.73 Å². The number of thiophene rings is 1. The molecule has 96 valence electrons. The average Bonchev–Trinajstić information content (AvgIpc) is 2.90. The van der Waals surface area contributed by atoms with Gasteiger partial charge in [0.15, 0.2) is 0 Å². The van der Waals surface area contributed by atoms with Gasteiger partial charge in [-0.3, -0.25) is 0 Å². The van der Waals surface area contributed by atoms with Crippen molar-refractivity contribution in [1.82, 2.24) is 0 Å². The third-order valence-electron chi connectivity index (χ3n) is 3.18. The van der Waals surface area contributed by atoms with Crippen LogP contribution in [-0.4, -0.2) is 6.54 Å². The first-order valence-electron chi connectivity index (χ1n) is 6.25. The molecule has 0 fully saturated rings. The molecule has 2 aromatic rings. The maximum atomic E-state index is 5.90. The SMILES string of the molecule is NCC(CCc1cccs1)Cc1ccccc1Br. The number of hydrogen-bond donors (Lipinski definition) is 1. The Morgan fingerprint density at radius 2 is 2.00 bits per heavy atom. The molecule has 1 aromatic carbocycles. The molecule has 0 aliphatic carbocycles. The van der Waals surface area contributed by atoms with Gasteiger partial charge >= 0.3 is 0 Å². The minimum atomic E-state index is 0.561. The normalized spacial score (nSPS) is 12.6. The van der Waals surface area contributed by atoms with Crippen LogP contribution in [0.4, 0.5) is 0 Å². The smallest absolute Gasteiger partial charge is 0.0207 e. The third-order valence-corrected chi connectivity index (χ3v) is 4.89. The van der Waals surface area contributed by atoms with Crippen molar-refractivity contribution >= 4 is 27.3 Å². The first-order valence-corrected chi connectivity index (χ1v) is 7.92. The summed E-state index contributed by atoms with van der Waals surface area (Å²) in [6.45, 7) is 0.757. The zero-order valence-electron chi connectivity index (χ0n) is 10.3. The molecule has 0 saturated heterocycles. The van der Waals surface area contributed by atoms with Crippen LogP contribution >= 0.6 is 27.3 Å². The van der Waals surface area contributed by atoms with Crippen LogP contribution in [0, 0.1) is 5.92 Å². The minimum Gasteiger partial charge on any atom is -0.330 e. The molecule has 0 saturated carbocycles. The van der Waals surface area contributed by atoms with Gasteiger partial charge in [0.25, 0.3) is 0 Å². The Balaban J connectivity index is 1.91. The second-order valence-electron chi connectivity index (χ2n) is 4.52. The quantitative estimate of drug-likeness (QED) is 0.844. The van der Waals surface area contributed by atoms with Crippen molar-refractivity contribution in [3.63, 3.8) is 0 Å². The lowest BCUT2D eigenvalue weighted by Crippen LogP contribution is -2.17. The summed E-state index contributed by atoms with van der Waals surface area (Å²) >= 11 is 5.44. The number of aryl methyl sites for hydroxylation is 1. The van der Waals surface area contributed by atoms with E-state index in [2.05, 4.69) is 57.7 Å². The van der Waals surface area contributed by atoms with Gasteiger partial charge in [-0.05, 0) is 54.8 Å². The molecule has 2 N–H and O–H groups in total. The number of nitrogens with two attached hydrogens (primary N) is 1. The fourth-order valence-electron chi connectivity index (χ4n) is 2.08. The molecule has 0 radical (unpaired) electrons. The maximum Gasteiger partial charge on any atom is 0.0207 e. The molecule has 0 spiro atoms. The van der Waals surface area contributed by atoms with Gasteiger partial charge in [0.1, 0.15) is 0 Å². The van der Waals surface area contributed by atoms with Gasteiger partial charge in [0, 0.05) is 9.35 Å². The number of halogens is 1. The molecule has 0 amide bonds. The van der Waals surface area contributed by atoms with Gasteiger partial charge in [0.05, 0.1) is 0 Å². The van der Waals surface area contributed by atoms with Crippen molar-refractivity contribution in [3.05, 3.63) is 56.7 Å². The van der Waals surface area contributed by atoms with E-state index in [1.54, 1.807) is 0 Å². The second-order valence-corrected chi connectivity index (χ2v) is 6.40. The lowest BCUT2D eigenvalue weighted by molar-refractivity contribution is 0.495. The summed E-state index contributed by atoms with van der Waals surface area (Å²) in [7, 11) is 0. The van der Waals surface area contributed by atoms with Crippen molar-refractivity contribution in [1.29, 1.82) is 0 Å². The van der Waals surface area contributed by atoms with Gasteiger partial charge in [-0.25, -0.2) is 0 Å². The van der Waals surface area contributed by atoms with E-state index >= 15 is 0 Å². The Kier molecular flexibility index (Phi) is 5.42. The fourth-order valence-corrected chi connectivity index (χ4v) is 3.25. The van der Waals surface area contributed by atoms with Crippen molar-refractivity contribution in [3.8, 4) is 0 Å². The summed E-state index contributed by atoms with van der Waals surface area (Å²) in [4.78, 5) is 1.46. The van der Waals surface area contributed by atoms with Gasteiger partial charge in [0.2, 0.25) is 0 Å². The molecule has 0 aliphatic heterocycles. The van der Waals surface area contributed by atoms with E-state index in [9.17, 15) is 0 Å². The van der Waals surface area contributed by atoms with Crippen molar-refractivity contribution in [2.24, 2.45) is 11.7 Å². The fraction of sp³-hybridized carbons (Fsp3) is 0.333. The Labute approximate surface area is 121 Å². The summed E-state index contributed by atoms with van der Waals surface area (Å²) in [5, 5.41) is 2.14. The molecule has 2 rings (SSSR count). The Hall–Kier alpha value is -0.640. The van der Waals surface area contributed by atoms with Crippen LogP contribution in [0.2, 0.25) is 0 Å². The summed E-state index contributed by atoms with van der Waals surface area (Å²) in [6, 6.07) is 12.7. The summed E-state index contributed by atoms with van der Waals surface area (Å²) in [5.74, 6) is 0.561. The molecule has 0 aliphatic rings. The van der Waals surface area contributed by atoms with E-state index in [-0.39, 0.29) is 0 Å². The summed E-state index contributed by atoms with van der Waals surface area (Å²) in [6.07, 6.45) is 3.37. The third kappa shape index (κ3) is 3.94. The predicted molar refractivity (Wildman–Crippen MR) is 83.0 cm³/mol. The van der Waals surface area contributed by atoms with Crippen LogP contribution in [0.1, 0.15) is 16.9 Å². The molecule has 1 aromatic heterocycles. The second kappa shape index (κ2) is 7.07. The Morgan fingerprint density at radius 3 is 2.67 bits per heavy atom. The maximum absolute atomic E-state index is 5.90. The molecular weight excluding hydrogens is 306 g/mol. The Morgan fingerprint density at radius 1 is 1.17 bits per heavy atom. The van der Waals surface area contributed by atoms with E-state index in [0.29, 0.717) is 5.92 Å². The van der Waals surface area contributed by atoms with Gasteiger partial charge in [-0.1, -0.05) is 40.2 Å². The van der Waals surface area contributed by atoms with Crippen LogP contribution in [0.5, 0.6) is 0 Å². The highest BCUT2D eigenvalue weighted by Gasteiger charge is 2.10. The van der Waals surface area contributed by atoms with Gasteiger partial charge in [-0.15, -0.1) is 11.3 Å². The highest BCUT2D eigenvalue weighted by Crippen LogP contribution is 2.22. The monoisotopic (exact) mass is 323 g/mol. The lowest BCUT2D eigenvalue weighted by atomic mass is 9.94. The van der Waals surface area contributed by atoms with E-state index in [1.165, 1.54) is 21.3 Å². The number of hydrogen-bond acceptors (Lipinski definition) is 2. The first kappa shape index (κ1) is 13.8. The highest BCUT2D eigenvalue weighted by atomic mass is 79.9. The summed E-state index contributed by atoms with van der Waals surface area (Å²) < 4.78 is 1.19. The van der Waals surface area contributed by atoms with Crippen LogP contribution in [0.15, 0.2) is 46.3 Å². The van der Waals surface area contributed by atoms with Crippen molar-refractivity contribution < 1.29 is 0 Å². The van der Waals surface area contributed by atoms with Gasteiger partial charge < -0.3 is 5.73 Å². The number of rotatable bonds is 6. The zero-order valence-corrected chi connectivity index (χ0v) is 12.7. The standard InChI is InChI=1S/C15H18BrNS/c16-15-6-2-1-4-13(15)10-12(11-17)7-8-14-5-3-9-18-14/h1-6,9,12H,7-8,10-11,17H2. The largest absolute Gasteiger partial charge is 0.330 e. The molecular formula is C15H18BrNS. The highest BCUT2D eigenvalue weighted by molar-refractivity contribution is 9.10. The number of benzene rings is 1. The van der Waals surface area contributed by atoms with Crippen molar-refractivity contribution in [2.75, 3.05) is 6.54 Å². The Bertz CT molecular complexity index is 467. The topological polar surface area (TPSA) is 26.0 Å². The first-order chi connectivity index (χ1) is 8.79. The van der Waals surface area contributed by atoms with E-state index in [1.807, 2.05) is 11.3 Å². The molecule has 18 heavy (non-hydrogen) atoms. The predicted octanol–water partition coefficient (Wildman–Crippen LogP) is 4.26. The van der Waals surface area contributed by atoms with Crippen LogP contribution in [-0.2, 0) is 12.8 Å². The minimum absolute atomic E-state index is 0.561. The van der Waals surface area contributed by atoms with Crippen LogP contribution in [0.25, 0.3) is 0 Å². The zero-order chi connectivity index (χ0) is 12.8. The lowest BCUT2D eigenvalue weighted by Gasteiger charge is -2.15. The van der Waals surface area contributed by atoms with E-state index in [0.717, 1.165) is 19.4 Å². The molecule has 3 heteroatoms. The molecule has 1 unspecified atom stereocenters. The molecule has 1 nitrogen and oxygen atoms in total. The molecule has 0 bridgehead atoms. The van der Waals surface area contributed by atoms with Gasteiger partial charge in [-0.2, -0.15) is 0 Å². The van der Waals surface area contributed by atoms with Crippen LogP contribution in [0.3, 0.4) is 0 Å². The van der Waals surface area contributed by atoms with E-state index < -0.39 is 0 Å². The molecule has 1 atom stereocenters. The molecule has 1 heterocycles. The van der Waals surface area contributed by atoms with Crippen molar-refractivity contribution in [2.45, 2.75) is 19.3 Å². The van der Waals surface area contributed by atoms with Crippen LogP contribution < -0.4 is 5.73 Å². The summed E-state index contributed by atoms with van der Waals surface area (Å²) in [5.41, 5.74) is 7.26.